The quantitative estimate of drug-likeness (QED) is 0.379. The number of halogens is 1. The molecule has 4 aromatic rings. The van der Waals surface area contributed by atoms with Gasteiger partial charge in [0.25, 0.3) is 0 Å². The molecule has 0 saturated carbocycles. The van der Waals surface area contributed by atoms with Gasteiger partial charge in [0.05, 0.1) is 6.26 Å². The minimum Gasteiger partial charge on any atom is -0.464 e. The first kappa shape index (κ1) is 16.2. The van der Waals surface area contributed by atoms with Crippen molar-refractivity contribution in [1.82, 2.24) is 0 Å². The van der Waals surface area contributed by atoms with E-state index in [1.165, 1.54) is 0 Å². The highest BCUT2D eigenvalue weighted by Crippen LogP contribution is 2.34. The van der Waals surface area contributed by atoms with Crippen LogP contribution in [0.4, 0.5) is 0 Å². The summed E-state index contributed by atoms with van der Waals surface area (Å²) in [5.41, 5.74) is 4.17. The molecule has 0 N–H and O–H groups in total. The number of hydrogen-bond donors (Lipinski definition) is 0. The summed E-state index contributed by atoms with van der Waals surface area (Å²) in [6.45, 7) is 2.15. The molecular formula is C21H17BrO3. The molecule has 0 fully saturated rings. The van der Waals surface area contributed by atoms with E-state index in [0.717, 1.165) is 56.8 Å². The van der Waals surface area contributed by atoms with Crippen LogP contribution in [-0.4, -0.2) is 0 Å². The van der Waals surface area contributed by atoms with E-state index in [9.17, 15) is 4.79 Å². The van der Waals surface area contributed by atoms with Crippen molar-refractivity contribution < 1.29 is 8.83 Å². The van der Waals surface area contributed by atoms with Crippen molar-refractivity contribution in [2.75, 3.05) is 0 Å². The number of furan rings is 1. The molecule has 0 amide bonds. The summed E-state index contributed by atoms with van der Waals surface area (Å²) in [7, 11) is 0. The van der Waals surface area contributed by atoms with Gasteiger partial charge >= 0.3 is 5.63 Å². The summed E-state index contributed by atoms with van der Waals surface area (Å²) in [6.07, 6.45) is 4.76. The molecule has 0 bridgehead atoms. The summed E-state index contributed by atoms with van der Waals surface area (Å²) < 4.78 is 12.2. The van der Waals surface area contributed by atoms with Crippen LogP contribution in [-0.2, 0) is 6.42 Å². The summed E-state index contributed by atoms with van der Waals surface area (Å²) in [5, 5.41) is 2.02. The molecule has 2 heterocycles. The van der Waals surface area contributed by atoms with Gasteiger partial charge in [0.2, 0.25) is 0 Å². The second-order valence-electron chi connectivity index (χ2n) is 6.20. The third-order valence-corrected chi connectivity index (χ3v) is 5.01. The monoisotopic (exact) mass is 396 g/mol. The van der Waals surface area contributed by atoms with Crippen LogP contribution in [0.5, 0.6) is 0 Å². The normalized spacial score (nSPS) is 11.4. The third-order valence-electron chi connectivity index (χ3n) is 4.48. The highest BCUT2D eigenvalue weighted by atomic mass is 79.9. The molecule has 4 heteroatoms. The van der Waals surface area contributed by atoms with E-state index in [4.69, 9.17) is 8.83 Å². The van der Waals surface area contributed by atoms with Crippen LogP contribution < -0.4 is 5.63 Å². The van der Waals surface area contributed by atoms with E-state index in [1.807, 2.05) is 18.2 Å². The molecule has 0 unspecified atom stereocenters. The highest BCUT2D eigenvalue weighted by molar-refractivity contribution is 9.10. The van der Waals surface area contributed by atoms with Crippen molar-refractivity contribution in [1.29, 1.82) is 0 Å². The Balaban J connectivity index is 1.95. The molecule has 0 aliphatic rings. The average molecular weight is 397 g/mol. The van der Waals surface area contributed by atoms with E-state index in [2.05, 4.69) is 41.1 Å². The number of benzene rings is 2. The molecule has 2 aromatic heterocycles. The van der Waals surface area contributed by atoms with E-state index in [0.29, 0.717) is 5.58 Å². The molecule has 4 rings (SSSR count). The summed E-state index contributed by atoms with van der Waals surface area (Å²) >= 11 is 3.47. The van der Waals surface area contributed by atoms with Gasteiger partial charge < -0.3 is 8.83 Å². The largest absolute Gasteiger partial charge is 0.464 e. The smallest absolute Gasteiger partial charge is 0.336 e. The maximum absolute atomic E-state index is 11.9. The zero-order chi connectivity index (χ0) is 17.4. The Morgan fingerprint density at radius 2 is 1.80 bits per heavy atom. The second kappa shape index (κ2) is 6.52. The molecule has 0 spiro atoms. The fourth-order valence-corrected chi connectivity index (χ4v) is 3.44. The van der Waals surface area contributed by atoms with E-state index < -0.39 is 0 Å². The lowest BCUT2D eigenvalue weighted by Crippen LogP contribution is -2.00. The van der Waals surface area contributed by atoms with Gasteiger partial charge in [0, 0.05) is 32.9 Å². The Hall–Kier alpha value is -2.33. The van der Waals surface area contributed by atoms with Crippen molar-refractivity contribution in [2.24, 2.45) is 0 Å². The number of unbranched alkanes of at least 4 members (excludes halogenated alkanes) is 1. The van der Waals surface area contributed by atoms with Crippen LogP contribution in [0.1, 0.15) is 25.3 Å². The fraction of sp³-hybridized carbons (Fsp3) is 0.190. The molecular weight excluding hydrogens is 380 g/mol. The number of rotatable bonds is 4. The van der Waals surface area contributed by atoms with Crippen LogP contribution in [0.3, 0.4) is 0 Å². The molecule has 2 aromatic carbocycles. The minimum absolute atomic E-state index is 0.308. The van der Waals surface area contributed by atoms with Crippen LogP contribution >= 0.6 is 15.9 Å². The molecule has 3 nitrogen and oxygen atoms in total. The van der Waals surface area contributed by atoms with E-state index in [1.54, 1.807) is 12.3 Å². The molecule has 0 aliphatic heterocycles. The van der Waals surface area contributed by atoms with Crippen molar-refractivity contribution in [3.63, 3.8) is 0 Å². The lowest BCUT2D eigenvalue weighted by Gasteiger charge is -2.05. The zero-order valence-electron chi connectivity index (χ0n) is 13.8. The number of fused-ring (bicyclic) bond motifs is 2. The van der Waals surface area contributed by atoms with Gasteiger partial charge in [0.15, 0.2) is 0 Å². The van der Waals surface area contributed by atoms with Crippen molar-refractivity contribution in [3.8, 4) is 11.1 Å². The first-order chi connectivity index (χ1) is 12.2. The first-order valence-electron chi connectivity index (χ1n) is 8.39. The van der Waals surface area contributed by atoms with Crippen LogP contribution in [0, 0.1) is 0 Å². The molecule has 25 heavy (non-hydrogen) atoms. The Bertz CT molecular complexity index is 1100. The lowest BCUT2D eigenvalue weighted by atomic mass is 10.00. The summed E-state index contributed by atoms with van der Waals surface area (Å²) in [4.78, 5) is 11.9. The van der Waals surface area contributed by atoms with Gasteiger partial charge in [-0.3, -0.25) is 0 Å². The second-order valence-corrected chi connectivity index (χ2v) is 7.11. The third kappa shape index (κ3) is 3.02. The molecule has 0 atom stereocenters. The predicted octanol–water partition coefficient (Wildman–Crippen LogP) is 6.31. The minimum atomic E-state index is -0.308. The average Bonchev–Trinajstić information content (AvgIpc) is 3.01. The summed E-state index contributed by atoms with van der Waals surface area (Å²) in [5.74, 6) is 0. The van der Waals surface area contributed by atoms with E-state index >= 15 is 0 Å². The van der Waals surface area contributed by atoms with E-state index in [-0.39, 0.29) is 5.63 Å². The lowest BCUT2D eigenvalue weighted by molar-refractivity contribution is 0.556. The van der Waals surface area contributed by atoms with Crippen LogP contribution in [0.15, 0.2) is 66.8 Å². The van der Waals surface area contributed by atoms with Gasteiger partial charge in [-0.05, 0) is 42.2 Å². The standard InChI is InChI=1S/C21H17BrO3/c1-2-3-4-14-9-21(23)25-20-11-19-17(10-16(14)20)18(12-24-19)13-5-7-15(22)8-6-13/h5-12H,2-4H2,1H3. The Morgan fingerprint density at radius 1 is 1.00 bits per heavy atom. The molecule has 0 saturated heterocycles. The Morgan fingerprint density at radius 3 is 2.56 bits per heavy atom. The summed E-state index contributed by atoms with van der Waals surface area (Å²) in [6, 6.07) is 13.7. The molecule has 126 valence electrons. The van der Waals surface area contributed by atoms with Crippen molar-refractivity contribution >= 4 is 37.9 Å². The van der Waals surface area contributed by atoms with Gasteiger partial charge in [-0.1, -0.05) is 41.4 Å². The topological polar surface area (TPSA) is 43.4 Å². The predicted molar refractivity (Wildman–Crippen MR) is 104 cm³/mol. The number of hydrogen-bond acceptors (Lipinski definition) is 3. The Labute approximate surface area is 153 Å². The van der Waals surface area contributed by atoms with Crippen molar-refractivity contribution in [2.45, 2.75) is 26.2 Å². The SMILES string of the molecule is CCCCc1cc(=O)oc2cc3occ(-c4ccc(Br)cc4)c3cc12. The van der Waals surface area contributed by atoms with Crippen LogP contribution in [0.25, 0.3) is 33.1 Å². The fourth-order valence-electron chi connectivity index (χ4n) is 3.18. The molecule has 0 aliphatic carbocycles. The zero-order valence-corrected chi connectivity index (χ0v) is 15.4. The van der Waals surface area contributed by atoms with Crippen LogP contribution in [0.2, 0.25) is 0 Å². The van der Waals surface area contributed by atoms with Gasteiger partial charge in [-0.25, -0.2) is 4.79 Å². The molecule has 0 radical (unpaired) electrons. The maximum Gasteiger partial charge on any atom is 0.336 e. The van der Waals surface area contributed by atoms with Gasteiger partial charge in [0.1, 0.15) is 11.2 Å². The van der Waals surface area contributed by atoms with Gasteiger partial charge in [-0.2, -0.15) is 0 Å². The number of aryl methyl sites for hydroxylation is 1. The first-order valence-corrected chi connectivity index (χ1v) is 9.19. The Kier molecular flexibility index (Phi) is 4.22. The maximum atomic E-state index is 11.9. The van der Waals surface area contributed by atoms with Gasteiger partial charge in [-0.15, -0.1) is 0 Å². The highest BCUT2D eigenvalue weighted by Gasteiger charge is 2.13. The van der Waals surface area contributed by atoms with Crippen molar-refractivity contribution in [3.05, 3.63) is 69.2 Å².